The molecule has 1 saturated carbocycles. The van der Waals surface area contributed by atoms with Crippen molar-refractivity contribution >= 4 is 11.4 Å². The fraction of sp³-hybridized carbons (Fsp3) is 0.625. The number of aryl methyl sites for hydroxylation is 1. The predicted octanol–water partition coefficient (Wildman–Crippen LogP) is 3.98. The van der Waals surface area contributed by atoms with Gasteiger partial charge in [-0.05, 0) is 37.3 Å². The van der Waals surface area contributed by atoms with Crippen molar-refractivity contribution in [3.8, 4) is 0 Å². The van der Waals surface area contributed by atoms with Crippen LogP contribution in [0, 0.1) is 12.8 Å². The summed E-state index contributed by atoms with van der Waals surface area (Å²) in [6, 6.07) is 6.95. The molecule has 1 aromatic rings. The van der Waals surface area contributed by atoms with Crippen LogP contribution in [0.1, 0.15) is 45.1 Å². The van der Waals surface area contributed by atoms with Crippen LogP contribution >= 0.6 is 0 Å². The fourth-order valence-corrected chi connectivity index (χ4v) is 3.11. The molecule has 100 valence electrons. The highest BCUT2D eigenvalue weighted by atomic mass is 15.2. The molecule has 0 amide bonds. The molecule has 0 radical (unpaired) electrons. The van der Waals surface area contributed by atoms with Crippen LogP contribution in [-0.2, 0) is 0 Å². The molecule has 0 aromatic heterocycles. The fourth-order valence-electron chi connectivity index (χ4n) is 3.11. The van der Waals surface area contributed by atoms with E-state index in [2.05, 4.69) is 37.8 Å². The quantitative estimate of drug-likeness (QED) is 0.814. The van der Waals surface area contributed by atoms with E-state index in [-0.39, 0.29) is 0 Å². The van der Waals surface area contributed by atoms with Crippen molar-refractivity contribution in [3.63, 3.8) is 0 Å². The second-order valence-corrected chi connectivity index (χ2v) is 6.00. The molecule has 0 unspecified atom stereocenters. The first-order valence-corrected chi connectivity index (χ1v) is 7.21. The van der Waals surface area contributed by atoms with Crippen molar-refractivity contribution in [2.24, 2.45) is 5.92 Å². The number of rotatable bonds is 4. The zero-order valence-electron chi connectivity index (χ0n) is 11.9. The molecule has 0 spiro atoms. The smallest absolute Gasteiger partial charge is 0.0632 e. The Labute approximate surface area is 111 Å². The highest BCUT2D eigenvalue weighted by molar-refractivity contribution is 5.71. The minimum Gasteiger partial charge on any atom is -0.397 e. The van der Waals surface area contributed by atoms with Gasteiger partial charge in [0, 0.05) is 12.6 Å². The van der Waals surface area contributed by atoms with E-state index in [4.69, 9.17) is 5.73 Å². The summed E-state index contributed by atoms with van der Waals surface area (Å²) >= 11 is 0. The SMILES string of the molecule is Cc1cccc(N)c1N(CC(C)C)C1CCCC1. The van der Waals surface area contributed by atoms with Gasteiger partial charge < -0.3 is 10.6 Å². The molecule has 1 aliphatic carbocycles. The van der Waals surface area contributed by atoms with E-state index in [1.54, 1.807) is 0 Å². The third-order valence-electron chi connectivity index (χ3n) is 3.88. The van der Waals surface area contributed by atoms with E-state index in [0.29, 0.717) is 12.0 Å². The Balaban J connectivity index is 2.32. The van der Waals surface area contributed by atoms with E-state index in [0.717, 1.165) is 12.2 Å². The molecule has 0 atom stereocenters. The summed E-state index contributed by atoms with van der Waals surface area (Å²) in [6.45, 7) is 7.86. The highest BCUT2D eigenvalue weighted by Crippen LogP contribution is 2.34. The van der Waals surface area contributed by atoms with Gasteiger partial charge in [0.15, 0.2) is 0 Å². The third-order valence-corrected chi connectivity index (χ3v) is 3.88. The van der Waals surface area contributed by atoms with E-state index in [1.807, 2.05) is 6.07 Å². The number of para-hydroxylation sites is 1. The van der Waals surface area contributed by atoms with Crippen LogP contribution in [0.3, 0.4) is 0 Å². The molecule has 2 N–H and O–H groups in total. The van der Waals surface area contributed by atoms with Gasteiger partial charge in [-0.2, -0.15) is 0 Å². The maximum atomic E-state index is 6.22. The number of anilines is 2. The number of hydrogen-bond donors (Lipinski definition) is 1. The summed E-state index contributed by atoms with van der Waals surface area (Å²) in [5, 5.41) is 0. The van der Waals surface area contributed by atoms with Crippen LogP contribution in [0.2, 0.25) is 0 Å². The number of nitrogens with zero attached hydrogens (tertiary/aromatic N) is 1. The molecular formula is C16H26N2. The van der Waals surface area contributed by atoms with Gasteiger partial charge in [0.2, 0.25) is 0 Å². The predicted molar refractivity (Wildman–Crippen MR) is 80.0 cm³/mol. The van der Waals surface area contributed by atoms with Gasteiger partial charge in [0.05, 0.1) is 11.4 Å². The Morgan fingerprint density at radius 3 is 2.50 bits per heavy atom. The van der Waals surface area contributed by atoms with Gasteiger partial charge in [-0.15, -0.1) is 0 Å². The van der Waals surface area contributed by atoms with Crippen molar-refractivity contribution in [2.75, 3.05) is 17.2 Å². The van der Waals surface area contributed by atoms with E-state index >= 15 is 0 Å². The summed E-state index contributed by atoms with van der Waals surface area (Å²) in [5.41, 5.74) is 9.74. The number of hydrogen-bond acceptors (Lipinski definition) is 2. The molecule has 2 heteroatoms. The molecule has 1 aromatic carbocycles. The lowest BCUT2D eigenvalue weighted by atomic mass is 10.1. The normalized spacial score (nSPS) is 16.4. The average molecular weight is 246 g/mol. The molecule has 0 heterocycles. The first kappa shape index (κ1) is 13.3. The molecule has 2 nitrogen and oxygen atoms in total. The Morgan fingerprint density at radius 1 is 1.28 bits per heavy atom. The number of nitrogen functional groups attached to an aromatic ring is 1. The number of benzene rings is 1. The standard InChI is InChI=1S/C16H26N2/c1-12(2)11-18(14-8-4-5-9-14)16-13(3)7-6-10-15(16)17/h6-7,10,12,14H,4-5,8-9,11,17H2,1-3H3. The van der Waals surface area contributed by atoms with Crippen molar-refractivity contribution < 1.29 is 0 Å². The van der Waals surface area contributed by atoms with Crippen LogP contribution in [0.4, 0.5) is 11.4 Å². The largest absolute Gasteiger partial charge is 0.397 e. The second-order valence-electron chi connectivity index (χ2n) is 6.00. The summed E-state index contributed by atoms with van der Waals surface area (Å²) < 4.78 is 0. The summed E-state index contributed by atoms with van der Waals surface area (Å²) in [5.74, 6) is 0.671. The zero-order chi connectivity index (χ0) is 13.1. The van der Waals surface area contributed by atoms with Gasteiger partial charge in [-0.25, -0.2) is 0 Å². The lowest BCUT2D eigenvalue weighted by Gasteiger charge is -2.34. The van der Waals surface area contributed by atoms with Gasteiger partial charge in [-0.3, -0.25) is 0 Å². The van der Waals surface area contributed by atoms with Crippen molar-refractivity contribution in [1.29, 1.82) is 0 Å². The highest BCUT2D eigenvalue weighted by Gasteiger charge is 2.25. The molecule has 2 rings (SSSR count). The molecule has 0 saturated heterocycles. The summed E-state index contributed by atoms with van der Waals surface area (Å²) in [7, 11) is 0. The van der Waals surface area contributed by atoms with Crippen LogP contribution in [-0.4, -0.2) is 12.6 Å². The van der Waals surface area contributed by atoms with Gasteiger partial charge in [-0.1, -0.05) is 38.8 Å². The second kappa shape index (κ2) is 5.64. The van der Waals surface area contributed by atoms with Crippen LogP contribution in [0.5, 0.6) is 0 Å². The van der Waals surface area contributed by atoms with E-state index in [9.17, 15) is 0 Å². The summed E-state index contributed by atoms with van der Waals surface area (Å²) in [4.78, 5) is 2.57. The summed E-state index contributed by atoms with van der Waals surface area (Å²) in [6.07, 6.45) is 5.37. The average Bonchev–Trinajstić information content (AvgIpc) is 2.80. The van der Waals surface area contributed by atoms with Crippen LogP contribution in [0.15, 0.2) is 18.2 Å². The maximum absolute atomic E-state index is 6.22. The molecule has 1 aliphatic rings. The van der Waals surface area contributed by atoms with E-state index in [1.165, 1.54) is 36.9 Å². The topological polar surface area (TPSA) is 29.3 Å². The monoisotopic (exact) mass is 246 g/mol. The lowest BCUT2D eigenvalue weighted by molar-refractivity contribution is 0.535. The zero-order valence-corrected chi connectivity index (χ0v) is 11.9. The van der Waals surface area contributed by atoms with E-state index < -0.39 is 0 Å². The molecule has 0 aliphatic heterocycles. The molecular weight excluding hydrogens is 220 g/mol. The first-order chi connectivity index (χ1) is 8.59. The first-order valence-electron chi connectivity index (χ1n) is 7.21. The minimum absolute atomic E-state index is 0.671. The lowest BCUT2D eigenvalue weighted by Crippen LogP contribution is -2.37. The Morgan fingerprint density at radius 2 is 1.94 bits per heavy atom. The third kappa shape index (κ3) is 2.80. The van der Waals surface area contributed by atoms with Gasteiger partial charge in [0.25, 0.3) is 0 Å². The van der Waals surface area contributed by atoms with Gasteiger partial charge >= 0.3 is 0 Å². The van der Waals surface area contributed by atoms with Crippen LogP contribution < -0.4 is 10.6 Å². The van der Waals surface area contributed by atoms with Crippen molar-refractivity contribution in [3.05, 3.63) is 23.8 Å². The van der Waals surface area contributed by atoms with Crippen molar-refractivity contribution in [1.82, 2.24) is 0 Å². The Hall–Kier alpha value is -1.18. The van der Waals surface area contributed by atoms with Crippen LogP contribution in [0.25, 0.3) is 0 Å². The Kier molecular flexibility index (Phi) is 4.15. The number of nitrogens with two attached hydrogens (primary N) is 1. The molecule has 0 bridgehead atoms. The molecule has 1 fully saturated rings. The molecule has 18 heavy (non-hydrogen) atoms. The minimum atomic E-state index is 0.671. The Bertz CT molecular complexity index is 372. The van der Waals surface area contributed by atoms with Gasteiger partial charge in [0.1, 0.15) is 0 Å². The maximum Gasteiger partial charge on any atom is 0.0632 e. The van der Waals surface area contributed by atoms with Crippen molar-refractivity contribution in [2.45, 2.75) is 52.5 Å².